The number of hydrogen-bond acceptors (Lipinski definition) is 7. The number of pyridine rings is 1. The average molecular weight is 648 g/mol. The van der Waals surface area contributed by atoms with E-state index in [-0.39, 0.29) is 18.1 Å². The molecular formula is C31H40F3N5O5Si. The number of anilines is 1. The number of nitrogens with zero attached hydrogens (tertiary/aromatic N) is 3. The van der Waals surface area contributed by atoms with E-state index < -0.39 is 61.7 Å². The van der Waals surface area contributed by atoms with Gasteiger partial charge in [-0.15, -0.1) is 0 Å². The lowest BCUT2D eigenvalue weighted by atomic mass is 9.98. The largest absolute Gasteiger partial charge is 0.444 e. The molecule has 14 heteroatoms. The maximum atomic E-state index is 14.4. The van der Waals surface area contributed by atoms with Gasteiger partial charge in [0.1, 0.15) is 24.7 Å². The van der Waals surface area contributed by atoms with Crippen LogP contribution in [0.3, 0.4) is 0 Å². The first-order valence-electron chi connectivity index (χ1n) is 14.4. The van der Waals surface area contributed by atoms with E-state index >= 15 is 0 Å². The van der Waals surface area contributed by atoms with Crippen LogP contribution < -0.4 is 16.2 Å². The van der Waals surface area contributed by atoms with Crippen molar-refractivity contribution >= 4 is 26.0 Å². The number of alkyl halides is 3. The fourth-order valence-electron chi connectivity index (χ4n) is 4.12. The SMILES string of the molecule is CC(C)C(NC(=O)Cn1c(-c2ccccc2)ncc(NC(=O)OCc2ccncc2)c1=O)C(O[Si](C)(C)C(C)(C)C)C(F)(F)F. The highest BCUT2D eigenvalue weighted by Crippen LogP contribution is 2.41. The van der Waals surface area contributed by atoms with Crippen LogP contribution in [0, 0.1) is 5.92 Å². The Morgan fingerprint density at radius 1 is 1.02 bits per heavy atom. The van der Waals surface area contributed by atoms with Gasteiger partial charge in [-0.1, -0.05) is 65.0 Å². The minimum Gasteiger partial charge on any atom is -0.444 e. The summed E-state index contributed by atoms with van der Waals surface area (Å²) < 4.78 is 55.3. The van der Waals surface area contributed by atoms with Crippen molar-refractivity contribution in [2.45, 2.75) is 84.2 Å². The van der Waals surface area contributed by atoms with Crippen LogP contribution in [0.5, 0.6) is 0 Å². The van der Waals surface area contributed by atoms with Crippen molar-refractivity contribution in [3.05, 3.63) is 77.0 Å². The Balaban J connectivity index is 1.92. The van der Waals surface area contributed by atoms with E-state index in [4.69, 9.17) is 9.16 Å². The van der Waals surface area contributed by atoms with E-state index in [1.807, 2.05) is 20.8 Å². The van der Waals surface area contributed by atoms with Gasteiger partial charge in [-0.2, -0.15) is 13.2 Å². The molecule has 0 aliphatic heterocycles. The quantitative estimate of drug-likeness (QED) is 0.239. The molecule has 0 saturated carbocycles. The average Bonchev–Trinajstić information content (AvgIpc) is 2.95. The molecule has 10 nitrogen and oxygen atoms in total. The first-order chi connectivity index (χ1) is 20.9. The molecular weight excluding hydrogens is 607 g/mol. The first-order valence-corrected chi connectivity index (χ1v) is 17.3. The molecule has 1 aromatic carbocycles. The van der Waals surface area contributed by atoms with E-state index in [0.29, 0.717) is 11.1 Å². The third-order valence-corrected chi connectivity index (χ3v) is 12.1. The summed E-state index contributed by atoms with van der Waals surface area (Å²) in [7, 11) is -2.92. The summed E-state index contributed by atoms with van der Waals surface area (Å²) in [6.45, 7) is 11.3. The van der Waals surface area contributed by atoms with E-state index in [9.17, 15) is 27.6 Å². The molecule has 2 N–H and O–H groups in total. The van der Waals surface area contributed by atoms with Crippen molar-refractivity contribution in [3.8, 4) is 11.4 Å². The zero-order valence-corrected chi connectivity index (χ0v) is 27.4. The molecule has 0 spiro atoms. The first kappa shape index (κ1) is 35.4. The summed E-state index contributed by atoms with van der Waals surface area (Å²) in [5.41, 5.74) is 0.0631. The van der Waals surface area contributed by atoms with E-state index in [1.165, 1.54) is 12.4 Å². The number of ether oxygens (including phenoxy) is 1. The second-order valence-corrected chi connectivity index (χ2v) is 17.2. The van der Waals surface area contributed by atoms with Crippen molar-refractivity contribution < 1.29 is 31.9 Å². The number of aromatic nitrogens is 3. The Bertz CT molecular complexity index is 1510. The maximum absolute atomic E-state index is 14.4. The number of hydrogen-bond donors (Lipinski definition) is 2. The Labute approximate surface area is 261 Å². The predicted octanol–water partition coefficient (Wildman–Crippen LogP) is 6.15. The number of rotatable bonds is 11. The van der Waals surface area contributed by atoms with Crippen molar-refractivity contribution in [3.63, 3.8) is 0 Å². The molecule has 2 amide bonds. The highest BCUT2D eigenvalue weighted by atomic mass is 28.4. The molecule has 3 aromatic rings. The van der Waals surface area contributed by atoms with Crippen LogP contribution in [0.2, 0.25) is 18.1 Å². The molecule has 0 bridgehead atoms. The lowest BCUT2D eigenvalue weighted by Gasteiger charge is -2.42. The smallest absolute Gasteiger partial charge is 0.415 e. The monoisotopic (exact) mass is 647 g/mol. The zero-order valence-electron chi connectivity index (χ0n) is 26.4. The summed E-state index contributed by atoms with van der Waals surface area (Å²) in [6.07, 6.45) is -3.78. The number of halogens is 3. The van der Waals surface area contributed by atoms with Gasteiger partial charge in [0.25, 0.3) is 5.56 Å². The van der Waals surface area contributed by atoms with Gasteiger partial charge in [0.2, 0.25) is 5.91 Å². The minimum absolute atomic E-state index is 0.0810. The third-order valence-electron chi connectivity index (χ3n) is 7.66. The van der Waals surface area contributed by atoms with Gasteiger partial charge in [0.15, 0.2) is 14.4 Å². The number of carbonyl (C=O) groups is 2. The van der Waals surface area contributed by atoms with Crippen LogP contribution in [0.1, 0.15) is 40.2 Å². The summed E-state index contributed by atoms with van der Waals surface area (Å²) >= 11 is 0. The van der Waals surface area contributed by atoms with Gasteiger partial charge in [-0.25, -0.2) is 9.78 Å². The Morgan fingerprint density at radius 3 is 2.20 bits per heavy atom. The van der Waals surface area contributed by atoms with Gasteiger partial charge >= 0.3 is 12.3 Å². The molecule has 244 valence electrons. The Morgan fingerprint density at radius 2 is 1.64 bits per heavy atom. The standard InChI is InChI=1S/C31H40F3N5O5Si/c1-20(2)25(26(31(32,33)34)44-45(6,7)30(3,4)5)38-24(40)18-39-27(22-11-9-8-10-12-22)36-17-23(28(39)41)37-29(42)43-19-21-13-15-35-16-14-21/h8-17,20,25-26H,18-19H2,1-7H3,(H,37,42)(H,38,40). The molecule has 0 radical (unpaired) electrons. The molecule has 0 aliphatic carbocycles. The molecule has 0 fully saturated rings. The molecule has 45 heavy (non-hydrogen) atoms. The number of nitrogens with one attached hydrogen (secondary N) is 2. The summed E-state index contributed by atoms with van der Waals surface area (Å²) in [5.74, 6) is -1.45. The molecule has 0 saturated heterocycles. The van der Waals surface area contributed by atoms with Crippen LogP contribution in [0.4, 0.5) is 23.7 Å². The lowest BCUT2D eigenvalue weighted by Crippen LogP contribution is -2.59. The maximum Gasteiger partial charge on any atom is 0.415 e. The number of benzene rings is 1. The molecule has 2 unspecified atom stereocenters. The van der Waals surface area contributed by atoms with Crippen molar-refractivity contribution in [1.82, 2.24) is 19.9 Å². The molecule has 3 rings (SSSR count). The topological polar surface area (TPSA) is 124 Å². The van der Waals surface area contributed by atoms with E-state index in [1.54, 1.807) is 69.4 Å². The fraction of sp³-hybridized carbons (Fsp3) is 0.452. The lowest BCUT2D eigenvalue weighted by molar-refractivity contribution is -0.210. The molecule has 2 atom stereocenters. The fourth-order valence-corrected chi connectivity index (χ4v) is 5.39. The van der Waals surface area contributed by atoms with Crippen molar-refractivity contribution in [2.75, 3.05) is 5.32 Å². The number of amides is 2. The van der Waals surface area contributed by atoms with Crippen LogP contribution >= 0.6 is 0 Å². The highest BCUT2D eigenvalue weighted by Gasteiger charge is 2.52. The van der Waals surface area contributed by atoms with Crippen LogP contribution in [0.25, 0.3) is 11.4 Å². The van der Waals surface area contributed by atoms with Crippen LogP contribution in [-0.2, 0) is 27.1 Å². The van der Waals surface area contributed by atoms with Gasteiger partial charge in [0.05, 0.1) is 12.2 Å². The second-order valence-electron chi connectivity index (χ2n) is 12.5. The summed E-state index contributed by atoms with van der Waals surface area (Å²) in [5, 5.41) is 4.31. The minimum atomic E-state index is -4.77. The molecule has 2 heterocycles. The van der Waals surface area contributed by atoms with E-state index in [0.717, 1.165) is 10.8 Å². The predicted molar refractivity (Wildman–Crippen MR) is 167 cm³/mol. The van der Waals surface area contributed by atoms with Gasteiger partial charge < -0.3 is 14.5 Å². The van der Waals surface area contributed by atoms with Crippen molar-refractivity contribution in [1.29, 1.82) is 0 Å². The van der Waals surface area contributed by atoms with Crippen LogP contribution in [-0.4, -0.2) is 53.2 Å². The summed E-state index contributed by atoms with van der Waals surface area (Å²) in [4.78, 5) is 47.7. The molecule has 2 aromatic heterocycles. The van der Waals surface area contributed by atoms with E-state index in [2.05, 4.69) is 20.6 Å². The molecule has 0 aliphatic rings. The number of carbonyl (C=O) groups excluding carboxylic acids is 2. The Hall–Kier alpha value is -4.04. The zero-order chi connectivity index (χ0) is 33.6. The van der Waals surface area contributed by atoms with Gasteiger partial charge in [-0.05, 0) is 41.7 Å². The normalized spacial score (nSPS) is 13.7. The summed E-state index contributed by atoms with van der Waals surface area (Å²) in [6, 6.07) is 10.3. The Kier molecular flexibility index (Phi) is 11.3. The second kappa shape index (κ2) is 14.4. The van der Waals surface area contributed by atoms with Crippen LogP contribution in [0.15, 0.2) is 65.8 Å². The third kappa shape index (κ3) is 9.47. The van der Waals surface area contributed by atoms with Crippen molar-refractivity contribution in [2.24, 2.45) is 5.92 Å². The van der Waals surface area contributed by atoms with Gasteiger partial charge in [0, 0.05) is 18.0 Å². The highest BCUT2D eigenvalue weighted by molar-refractivity contribution is 6.74. The van der Waals surface area contributed by atoms with Gasteiger partial charge in [-0.3, -0.25) is 24.5 Å².